The molecule has 0 radical (unpaired) electrons. The van der Waals surface area contributed by atoms with Gasteiger partial charge >= 0.3 is 0 Å². The van der Waals surface area contributed by atoms with E-state index in [9.17, 15) is 0 Å². The lowest BCUT2D eigenvalue weighted by Gasteiger charge is -2.09. The number of aliphatic hydroxyl groups excluding tert-OH is 1. The first-order valence-electron chi connectivity index (χ1n) is 5.67. The van der Waals surface area contributed by atoms with Crippen LogP contribution in [0.1, 0.15) is 5.56 Å². The smallest absolute Gasteiger partial charge is 0.120 e. The van der Waals surface area contributed by atoms with Gasteiger partial charge in [0, 0.05) is 0 Å². The molecule has 0 saturated heterocycles. The van der Waals surface area contributed by atoms with E-state index in [1.54, 1.807) is 12.2 Å². The fourth-order valence-electron chi connectivity index (χ4n) is 1.39. The van der Waals surface area contributed by atoms with Crippen molar-refractivity contribution in [2.75, 3.05) is 13.2 Å². The molecule has 0 heterocycles. The van der Waals surface area contributed by atoms with Crippen molar-refractivity contribution >= 4 is 5.57 Å². The number of hydrogen-bond acceptors (Lipinski definition) is 2. The third-order valence-corrected chi connectivity index (χ3v) is 2.43. The van der Waals surface area contributed by atoms with E-state index in [1.165, 1.54) is 0 Å². The van der Waals surface area contributed by atoms with Gasteiger partial charge in [0.25, 0.3) is 0 Å². The molecule has 0 amide bonds. The third-order valence-electron chi connectivity index (χ3n) is 2.43. The van der Waals surface area contributed by atoms with Crippen molar-refractivity contribution < 1.29 is 9.84 Å². The van der Waals surface area contributed by atoms with E-state index in [-0.39, 0.29) is 6.61 Å². The fraction of sp³-hybridized carbons (Fsp3) is 0.125. The van der Waals surface area contributed by atoms with Gasteiger partial charge in [0.1, 0.15) is 12.4 Å². The number of aliphatic hydroxyl groups is 1. The highest BCUT2D eigenvalue weighted by atomic mass is 16.5. The van der Waals surface area contributed by atoms with Crippen molar-refractivity contribution in [3.8, 4) is 5.75 Å². The second-order valence-corrected chi connectivity index (χ2v) is 3.76. The van der Waals surface area contributed by atoms with Crippen molar-refractivity contribution in [2.24, 2.45) is 0 Å². The van der Waals surface area contributed by atoms with Crippen LogP contribution in [0.4, 0.5) is 0 Å². The molecule has 0 fully saturated rings. The van der Waals surface area contributed by atoms with Crippen LogP contribution >= 0.6 is 0 Å². The normalized spacial score (nSPS) is 10.8. The van der Waals surface area contributed by atoms with Crippen molar-refractivity contribution in [1.29, 1.82) is 0 Å². The van der Waals surface area contributed by atoms with Crippen LogP contribution in [0.3, 0.4) is 0 Å². The van der Waals surface area contributed by atoms with Gasteiger partial charge in [0.05, 0.1) is 6.61 Å². The van der Waals surface area contributed by atoms with Gasteiger partial charge in [-0.05, 0) is 28.8 Å². The molecule has 0 saturated carbocycles. The molecule has 1 aromatic carbocycles. The highest BCUT2D eigenvalue weighted by Gasteiger charge is 2.00. The van der Waals surface area contributed by atoms with Crippen LogP contribution in [0.15, 0.2) is 67.8 Å². The van der Waals surface area contributed by atoms with Crippen LogP contribution < -0.4 is 4.74 Å². The first-order chi connectivity index (χ1) is 8.71. The summed E-state index contributed by atoms with van der Waals surface area (Å²) in [6, 6.07) is 7.48. The molecule has 0 spiro atoms. The van der Waals surface area contributed by atoms with E-state index in [2.05, 4.69) is 19.7 Å². The standard InChI is InChI=1S/C16H18O2/c1-4-7-14(5-2)12-18-16-9-6-8-15(10-16)13(3)11-17/h4-10,17H,1-3,11-12H2/b14-7+. The monoisotopic (exact) mass is 242 g/mol. The minimum atomic E-state index is -0.0578. The number of ether oxygens (including phenoxy) is 1. The van der Waals surface area contributed by atoms with Crippen molar-refractivity contribution in [3.05, 3.63) is 73.4 Å². The largest absolute Gasteiger partial charge is 0.489 e. The second-order valence-electron chi connectivity index (χ2n) is 3.76. The Morgan fingerprint density at radius 3 is 2.72 bits per heavy atom. The van der Waals surface area contributed by atoms with Crippen LogP contribution in [0.5, 0.6) is 5.75 Å². The second kappa shape index (κ2) is 7.30. The van der Waals surface area contributed by atoms with Crippen LogP contribution in [-0.2, 0) is 0 Å². The zero-order chi connectivity index (χ0) is 13.4. The Bertz CT molecular complexity index is 470. The van der Waals surface area contributed by atoms with E-state index < -0.39 is 0 Å². The predicted octanol–water partition coefficient (Wildman–Crippen LogP) is 3.37. The van der Waals surface area contributed by atoms with Crippen LogP contribution in [-0.4, -0.2) is 18.3 Å². The van der Waals surface area contributed by atoms with E-state index in [0.717, 1.165) is 16.9 Å². The zero-order valence-corrected chi connectivity index (χ0v) is 10.4. The highest BCUT2D eigenvalue weighted by molar-refractivity contribution is 5.65. The molecule has 94 valence electrons. The molecule has 0 aliphatic heterocycles. The molecule has 1 aromatic rings. The quantitative estimate of drug-likeness (QED) is 0.743. The Morgan fingerprint density at radius 2 is 2.11 bits per heavy atom. The van der Waals surface area contributed by atoms with E-state index in [0.29, 0.717) is 12.2 Å². The highest BCUT2D eigenvalue weighted by Crippen LogP contribution is 2.19. The van der Waals surface area contributed by atoms with Crippen molar-refractivity contribution in [1.82, 2.24) is 0 Å². The van der Waals surface area contributed by atoms with Gasteiger partial charge in [-0.1, -0.05) is 50.1 Å². The maximum Gasteiger partial charge on any atom is 0.120 e. The maximum absolute atomic E-state index is 9.03. The Balaban J connectivity index is 2.73. The zero-order valence-electron chi connectivity index (χ0n) is 10.4. The summed E-state index contributed by atoms with van der Waals surface area (Å²) in [5, 5.41) is 9.03. The number of allylic oxidation sites excluding steroid dienone is 2. The van der Waals surface area contributed by atoms with E-state index >= 15 is 0 Å². The van der Waals surface area contributed by atoms with Gasteiger partial charge in [-0.2, -0.15) is 0 Å². The average molecular weight is 242 g/mol. The summed E-state index contributed by atoms with van der Waals surface area (Å²) >= 11 is 0. The molecule has 0 aliphatic rings. The summed E-state index contributed by atoms with van der Waals surface area (Å²) in [5.41, 5.74) is 2.50. The number of rotatable bonds is 7. The summed E-state index contributed by atoms with van der Waals surface area (Å²) in [6.45, 7) is 11.5. The SMILES string of the molecule is C=C/C=C(\C=C)COc1cccc(C(=C)CO)c1. The van der Waals surface area contributed by atoms with Gasteiger partial charge in [-0.15, -0.1) is 0 Å². The molecule has 0 unspecified atom stereocenters. The van der Waals surface area contributed by atoms with Gasteiger partial charge in [0.15, 0.2) is 0 Å². The van der Waals surface area contributed by atoms with E-state index in [4.69, 9.17) is 9.84 Å². The molecular weight excluding hydrogens is 224 g/mol. The summed E-state index contributed by atoms with van der Waals surface area (Å²) < 4.78 is 5.64. The fourth-order valence-corrected chi connectivity index (χ4v) is 1.39. The minimum absolute atomic E-state index is 0.0578. The van der Waals surface area contributed by atoms with Crippen molar-refractivity contribution in [2.45, 2.75) is 0 Å². The lowest BCUT2D eigenvalue weighted by Crippen LogP contribution is -1.99. The van der Waals surface area contributed by atoms with Crippen molar-refractivity contribution in [3.63, 3.8) is 0 Å². The first-order valence-corrected chi connectivity index (χ1v) is 5.67. The number of hydrogen-bond donors (Lipinski definition) is 1. The Hall–Kier alpha value is -2.06. The lowest BCUT2D eigenvalue weighted by atomic mass is 10.1. The van der Waals surface area contributed by atoms with Gasteiger partial charge in [-0.3, -0.25) is 0 Å². The van der Waals surface area contributed by atoms with Crippen LogP contribution in [0, 0.1) is 0 Å². The topological polar surface area (TPSA) is 29.5 Å². The van der Waals surface area contributed by atoms with Gasteiger partial charge < -0.3 is 9.84 Å². The Labute approximate surface area is 108 Å². The molecular formula is C16H18O2. The summed E-state index contributed by atoms with van der Waals surface area (Å²) in [6.07, 6.45) is 5.28. The van der Waals surface area contributed by atoms with E-state index in [1.807, 2.05) is 30.3 Å². The first kappa shape index (κ1) is 14.0. The van der Waals surface area contributed by atoms with Gasteiger partial charge in [0.2, 0.25) is 0 Å². The summed E-state index contributed by atoms with van der Waals surface area (Å²) in [4.78, 5) is 0. The number of benzene rings is 1. The summed E-state index contributed by atoms with van der Waals surface area (Å²) in [7, 11) is 0. The molecule has 2 heteroatoms. The Morgan fingerprint density at radius 1 is 1.33 bits per heavy atom. The summed E-state index contributed by atoms with van der Waals surface area (Å²) in [5.74, 6) is 0.735. The predicted molar refractivity (Wildman–Crippen MR) is 76.5 cm³/mol. The van der Waals surface area contributed by atoms with Crippen LogP contribution in [0.2, 0.25) is 0 Å². The Kier molecular flexibility index (Phi) is 5.68. The molecule has 2 nitrogen and oxygen atoms in total. The molecule has 1 N–H and O–H groups in total. The molecule has 0 bridgehead atoms. The molecule has 18 heavy (non-hydrogen) atoms. The molecule has 0 atom stereocenters. The van der Waals surface area contributed by atoms with Crippen LogP contribution in [0.25, 0.3) is 5.57 Å². The molecule has 0 aromatic heterocycles. The molecule has 1 rings (SSSR count). The van der Waals surface area contributed by atoms with Gasteiger partial charge in [-0.25, -0.2) is 0 Å². The lowest BCUT2D eigenvalue weighted by molar-refractivity contribution is 0.349. The minimum Gasteiger partial charge on any atom is -0.489 e. The average Bonchev–Trinajstić information content (AvgIpc) is 2.42. The molecule has 0 aliphatic carbocycles. The maximum atomic E-state index is 9.03. The third kappa shape index (κ3) is 4.07.